The molecular formula is C16H20FN3. The van der Waals surface area contributed by atoms with Gasteiger partial charge in [-0.3, -0.25) is 0 Å². The lowest BCUT2D eigenvalue weighted by Gasteiger charge is -2.38. The largest absolute Gasteiger partial charge is 0.336 e. The van der Waals surface area contributed by atoms with Crippen molar-refractivity contribution in [2.45, 2.75) is 44.3 Å². The Labute approximate surface area is 118 Å². The van der Waals surface area contributed by atoms with Gasteiger partial charge in [-0.1, -0.05) is 12.1 Å². The molecule has 1 N–H and O–H groups in total. The van der Waals surface area contributed by atoms with Crippen molar-refractivity contribution in [3.05, 3.63) is 54.4 Å². The summed E-state index contributed by atoms with van der Waals surface area (Å²) in [4.78, 5) is 4.05. The van der Waals surface area contributed by atoms with Crippen LogP contribution in [-0.2, 0) is 6.54 Å². The van der Waals surface area contributed by atoms with Gasteiger partial charge in [0, 0.05) is 31.0 Å². The van der Waals surface area contributed by atoms with Gasteiger partial charge in [0.05, 0.1) is 6.33 Å². The van der Waals surface area contributed by atoms with E-state index in [1.807, 2.05) is 18.6 Å². The summed E-state index contributed by atoms with van der Waals surface area (Å²) in [6.45, 7) is 3.12. The molecule has 1 aliphatic carbocycles. The van der Waals surface area contributed by atoms with Crippen LogP contribution >= 0.6 is 0 Å². The summed E-state index contributed by atoms with van der Waals surface area (Å²) in [5.74, 6) is 0.371. The zero-order valence-electron chi connectivity index (χ0n) is 11.7. The Morgan fingerprint density at radius 1 is 1.45 bits per heavy atom. The van der Waals surface area contributed by atoms with Crippen LogP contribution in [0.3, 0.4) is 0 Å². The maximum absolute atomic E-state index is 13.2. The molecular weight excluding hydrogens is 253 g/mol. The van der Waals surface area contributed by atoms with Crippen LogP contribution in [0.1, 0.15) is 31.2 Å². The SMILES string of the molecule is CC(Cn1ccnc1)NC1CC(c2cccc(F)c2)C1. The Morgan fingerprint density at radius 3 is 3.00 bits per heavy atom. The molecule has 4 heteroatoms. The van der Waals surface area contributed by atoms with E-state index in [4.69, 9.17) is 0 Å². The molecule has 0 aliphatic heterocycles. The molecule has 0 spiro atoms. The zero-order valence-corrected chi connectivity index (χ0v) is 11.7. The molecule has 0 saturated heterocycles. The molecule has 1 aromatic carbocycles. The van der Waals surface area contributed by atoms with Crippen molar-refractivity contribution in [3.63, 3.8) is 0 Å². The van der Waals surface area contributed by atoms with Crippen LogP contribution in [0.5, 0.6) is 0 Å². The second-order valence-corrected chi connectivity index (χ2v) is 5.75. The molecule has 106 valence electrons. The number of hydrogen-bond acceptors (Lipinski definition) is 2. The number of rotatable bonds is 5. The molecule has 1 unspecified atom stereocenters. The first-order chi connectivity index (χ1) is 9.70. The highest BCUT2D eigenvalue weighted by Gasteiger charge is 2.30. The molecule has 1 aromatic heterocycles. The Balaban J connectivity index is 1.46. The fourth-order valence-electron chi connectivity index (χ4n) is 2.95. The third-order valence-electron chi connectivity index (χ3n) is 4.02. The summed E-state index contributed by atoms with van der Waals surface area (Å²) in [6, 6.07) is 7.96. The topological polar surface area (TPSA) is 29.9 Å². The predicted molar refractivity (Wildman–Crippen MR) is 77.0 cm³/mol. The average Bonchev–Trinajstić information content (AvgIpc) is 2.86. The van der Waals surface area contributed by atoms with Crippen LogP contribution in [-0.4, -0.2) is 21.6 Å². The fourth-order valence-corrected chi connectivity index (χ4v) is 2.95. The number of hydrogen-bond donors (Lipinski definition) is 1. The second kappa shape index (κ2) is 5.75. The minimum absolute atomic E-state index is 0.132. The van der Waals surface area contributed by atoms with Crippen molar-refractivity contribution in [1.82, 2.24) is 14.9 Å². The number of aromatic nitrogens is 2. The highest BCUT2D eigenvalue weighted by molar-refractivity contribution is 5.23. The van der Waals surface area contributed by atoms with Gasteiger partial charge in [-0.25, -0.2) is 9.37 Å². The molecule has 2 aromatic rings. The molecule has 1 fully saturated rings. The van der Waals surface area contributed by atoms with Crippen LogP contribution in [0, 0.1) is 5.82 Å². The molecule has 0 amide bonds. The van der Waals surface area contributed by atoms with Crippen LogP contribution in [0.15, 0.2) is 43.0 Å². The predicted octanol–water partition coefficient (Wildman–Crippen LogP) is 2.95. The number of benzene rings is 1. The molecule has 3 rings (SSSR count). The van der Waals surface area contributed by atoms with Crippen molar-refractivity contribution in [1.29, 1.82) is 0 Å². The summed E-state index contributed by atoms with van der Waals surface area (Å²) in [7, 11) is 0. The van der Waals surface area contributed by atoms with E-state index in [9.17, 15) is 4.39 Å². The Morgan fingerprint density at radius 2 is 2.30 bits per heavy atom. The van der Waals surface area contributed by atoms with Gasteiger partial charge in [-0.15, -0.1) is 0 Å². The third kappa shape index (κ3) is 3.07. The first-order valence-corrected chi connectivity index (χ1v) is 7.18. The molecule has 3 nitrogen and oxygen atoms in total. The molecule has 1 atom stereocenters. The Kier molecular flexibility index (Phi) is 3.83. The van der Waals surface area contributed by atoms with Crippen LogP contribution in [0.4, 0.5) is 4.39 Å². The zero-order chi connectivity index (χ0) is 13.9. The van der Waals surface area contributed by atoms with Crippen LogP contribution < -0.4 is 5.32 Å². The van der Waals surface area contributed by atoms with Gasteiger partial charge in [0.1, 0.15) is 5.82 Å². The lowest BCUT2D eigenvalue weighted by molar-refractivity contribution is 0.260. The third-order valence-corrected chi connectivity index (χ3v) is 4.02. The Bertz CT molecular complexity index is 547. The lowest BCUT2D eigenvalue weighted by Crippen LogP contribution is -2.45. The minimum Gasteiger partial charge on any atom is -0.336 e. The first-order valence-electron chi connectivity index (χ1n) is 7.18. The van der Waals surface area contributed by atoms with Gasteiger partial charge in [-0.05, 0) is 43.4 Å². The molecule has 1 heterocycles. The summed E-state index contributed by atoms with van der Waals surface area (Å²) in [6.07, 6.45) is 7.81. The van der Waals surface area contributed by atoms with E-state index in [1.54, 1.807) is 18.3 Å². The smallest absolute Gasteiger partial charge is 0.123 e. The fraction of sp³-hybridized carbons (Fsp3) is 0.438. The highest BCUT2D eigenvalue weighted by atomic mass is 19.1. The first kappa shape index (κ1) is 13.3. The maximum atomic E-state index is 13.2. The number of imidazole rings is 1. The van der Waals surface area contributed by atoms with Crippen molar-refractivity contribution in [3.8, 4) is 0 Å². The van der Waals surface area contributed by atoms with Crippen LogP contribution in [0.25, 0.3) is 0 Å². The van der Waals surface area contributed by atoms with Crippen molar-refractivity contribution in [2.75, 3.05) is 0 Å². The number of halogens is 1. The number of nitrogens with one attached hydrogen (secondary N) is 1. The van der Waals surface area contributed by atoms with Crippen molar-refractivity contribution >= 4 is 0 Å². The van der Waals surface area contributed by atoms with E-state index in [-0.39, 0.29) is 5.82 Å². The molecule has 0 radical (unpaired) electrons. The van der Waals surface area contributed by atoms with Gasteiger partial charge >= 0.3 is 0 Å². The lowest BCUT2D eigenvalue weighted by atomic mass is 9.75. The molecule has 20 heavy (non-hydrogen) atoms. The van der Waals surface area contributed by atoms with Gasteiger partial charge in [-0.2, -0.15) is 0 Å². The van der Waals surface area contributed by atoms with Crippen LogP contribution in [0.2, 0.25) is 0 Å². The van der Waals surface area contributed by atoms with E-state index in [0.717, 1.165) is 24.9 Å². The highest BCUT2D eigenvalue weighted by Crippen LogP contribution is 2.37. The maximum Gasteiger partial charge on any atom is 0.123 e. The molecule has 1 saturated carbocycles. The van der Waals surface area contributed by atoms with E-state index in [2.05, 4.69) is 21.8 Å². The normalized spacial score (nSPS) is 23.3. The summed E-state index contributed by atoms with van der Waals surface area (Å²) in [5.41, 5.74) is 1.13. The average molecular weight is 273 g/mol. The van der Waals surface area contributed by atoms with Gasteiger partial charge in [0.2, 0.25) is 0 Å². The van der Waals surface area contributed by atoms with E-state index < -0.39 is 0 Å². The van der Waals surface area contributed by atoms with E-state index in [0.29, 0.717) is 18.0 Å². The number of nitrogens with zero attached hydrogens (tertiary/aromatic N) is 2. The Hall–Kier alpha value is -1.68. The van der Waals surface area contributed by atoms with Gasteiger partial charge < -0.3 is 9.88 Å². The summed E-state index contributed by atoms with van der Waals surface area (Å²) in [5, 5.41) is 3.63. The van der Waals surface area contributed by atoms with Crippen molar-refractivity contribution in [2.24, 2.45) is 0 Å². The molecule has 0 bridgehead atoms. The van der Waals surface area contributed by atoms with E-state index >= 15 is 0 Å². The second-order valence-electron chi connectivity index (χ2n) is 5.75. The summed E-state index contributed by atoms with van der Waals surface area (Å²) >= 11 is 0. The monoisotopic (exact) mass is 273 g/mol. The minimum atomic E-state index is -0.132. The molecule has 1 aliphatic rings. The van der Waals surface area contributed by atoms with Gasteiger partial charge in [0.15, 0.2) is 0 Å². The van der Waals surface area contributed by atoms with Gasteiger partial charge in [0.25, 0.3) is 0 Å². The summed E-state index contributed by atoms with van der Waals surface area (Å²) < 4.78 is 15.3. The van der Waals surface area contributed by atoms with E-state index in [1.165, 1.54) is 6.07 Å². The quantitative estimate of drug-likeness (QED) is 0.907. The van der Waals surface area contributed by atoms with Crippen molar-refractivity contribution < 1.29 is 4.39 Å². The standard InChI is InChI=1S/C16H20FN3/c1-12(10-20-6-5-18-11-20)19-16-8-14(9-16)13-3-2-4-15(17)7-13/h2-7,11-12,14,16,19H,8-10H2,1H3.